The van der Waals surface area contributed by atoms with Gasteiger partial charge in [0.25, 0.3) is 5.56 Å². The second-order valence-electron chi connectivity index (χ2n) is 4.36. The van der Waals surface area contributed by atoms with E-state index in [9.17, 15) is 4.79 Å². The van der Waals surface area contributed by atoms with Crippen molar-refractivity contribution in [3.63, 3.8) is 0 Å². The molecule has 3 rings (SSSR count). The van der Waals surface area contributed by atoms with E-state index in [2.05, 4.69) is 10.2 Å². The first-order valence-corrected chi connectivity index (χ1v) is 7.14. The maximum atomic E-state index is 12.2. The molecule has 0 spiro atoms. The minimum absolute atomic E-state index is 0.154. The molecule has 2 heterocycles. The van der Waals surface area contributed by atoms with Crippen LogP contribution in [0.15, 0.2) is 23.3 Å². The van der Waals surface area contributed by atoms with E-state index in [-0.39, 0.29) is 5.56 Å². The van der Waals surface area contributed by atoms with Crippen molar-refractivity contribution >= 4 is 22.4 Å². The Morgan fingerprint density at radius 2 is 1.82 bits per heavy atom. The highest BCUT2D eigenvalue weighted by molar-refractivity contribution is 7.15. The average Bonchev–Trinajstić information content (AvgIpc) is 3.10. The first-order valence-electron chi connectivity index (χ1n) is 6.32. The van der Waals surface area contributed by atoms with Gasteiger partial charge in [0.1, 0.15) is 6.33 Å². The molecular weight excluding hydrogens is 306 g/mol. The Hall–Kier alpha value is -2.61. The highest BCUT2D eigenvalue weighted by Crippen LogP contribution is 2.38. The van der Waals surface area contributed by atoms with Gasteiger partial charge in [0, 0.05) is 0 Å². The smallest absolute Gasteiger partial charge is 0.275 e. The predicted molar refractivity (Wildman–Crippen MR) is 82.0 cm³/mol. The number of fused-ring (bicyclic) bond motifs is 1. The standard InChI is InChI=1S/C14H13N3O4S/c1-19-9-4-8(5-10(20-2)12(9)21-3)6-11-13(18)17-7-15-16-14(17)22-11/h4-7H,1-3H3/b11-6-. The molecule has 3 aromatic rings. The molecule has 2 aromatic heterocycles. The number of aromatic nitrogens is 3. The lowest BCUT2D eigenvalue weighted by Gasteiger charge is -2.12. The average molecular weight is 319 g/mol. The monoisotopic (exact) mass is 319 g/mol. The maximum Gasteiger partial charge on any atom is 0.275 e. The Kier molecular flexibility index (Phi) is 3.68. The lowest BCUT2D eigenvalue weighted by atomic mass is 10.1. The van der Waals surface area contributed by atoms with Gasteiger partial charge in [0.15, 0.2) is 11.5 Å². The molecule has 0 bridgehead atoms. The van der Waals surface area contributed by atoms with Crippen molar-refractivity contribution in [3.05, 3.63) is 38.9 Å². The van der Waals surface area contributed by atoms with Crippen LogP contribution in [0.25, 0.3) is 11.0 Å². The summed E-state index contributed by atoms with van der Waals surface area (Å²) in [5.41, 5.74) is 0.614. The Labute approximate surface area is 129 Å². The van der Waals surface area contributed by atoms with Crippen LogP contribution < -0.4 is 24.3 Å². The Morgan fingerprint density at radius 1 is 1.14 bits per heavy atom. The van der Waals surface area contributed by atoms with Crippen molar-refractivity contribution in [1.82, 2.24) is 14.6 Å². The zero-order chi connectivity index (χ0) is 15.7. The SMILES string of the molecule is COc1cc(/C=c2\sc3nncn3c2=O)cc(OC)c1OC. The highest BCUT2D eigenvalue weighted by Gasteiger charge is 2.13. The van der Waals surface area contributed by atoms with Gasteiger partial charge in [-0.05, 0) is 23.8 Å². The molecule has 0 aliphatic rings. The van der Waals surface area contributed by atoms with Crippen molar-refractivity contribution in [3.8, 4) is 17.2 Å². The fourth-order valence-electron chi connectivity index (χ4n) is 2.12. The fraction of sp³-hybridized carbons (Fsp3) is 0.214. The highest BCUT2D eigenvalue weighted by atomic mass is 32.1. The number of hydrogen-bond donors (Lipinski definition) is 0. The van der Waals surface area contributed by atoms with E-state index in [0.717, 1.165) is 5.56 Å². The van der Waals surface area contributed by atoms with E-state index in [1.165, 1.54) is 22.1 Å². The number of ether oxygens (including phenoxy) is 3. The van der Waals surface area contributed by atoms with Gasteiger partial charge in [0.05, 0.1) is 25.9 Å². The van der Waals surface area contributed by atoms with E-state index in [1.54, 1.807) is 39.5 Å². The minimum Gasteiger partial charge on any atom is -0.493 e. The molecule has 8 heteroatoms. The van der Waals surface area contributed by atoms with Gasteiger partial charge >= 0.3 is 0 Å². The lowest BCUT2D eigenvalue weighted by Crippen LogP contribution is -2.22. The molecule has 0 aliphatic heterocycles. The molecule has 22 heavy (non-hydrogen) atoms. The maximum absolute atomic E-state index is 12.2. The second kappa shape index (κ2) is 5.64. The summed E-state index contributed by atoms with van der Waals surface area (Å²) in [6.45, 7) is 0. The van der Waals surface area contributed by atoms with Gasteiger partial charge in [-0.1, -0.05) is 11.3 Å². The van der Waals surface area contributed by atoms with Crippen LogP contribution in [-0.4, -0.2) is 35.9 Å². The van der Waals surface area contributed by atoms with Crippen LogP contribution in [0.1, 0.15) is 5.56 Å². The zero-order valence-corrected chi connectivity index (χ0v) is 13.0. The molecular formula is C14H13N3O4S. The van der Waals surface area contributed by atoms with Crippen LogP contribution in [-0.2, 0) is 0 Å². The second-order valence-corrected chi connectivity index (χ2v) is 5.37. The van der Waals surface area contributed by atoms with E-state index in [1.807, 2.05) is 0 Å². The molecule has 114 valence electrons. The number of methoxy groups -OCH3 is 3. The van der Waals surface area contributed by atoms with Crippen molar-refractivity contribution in [2.24, 2.45) is 0 Å². The van der Waals surface area contributed by atoms with Crippen molar-refractivity contribution < 1.29 is 14.2 Å². The first-order chi connectivity index (χ1) is 10.7. The molecule has 0 saturated heterocycles. The molecule has 0 saturated carbocycles. The summed E-state index contributed by atoms with van der Waals surface area (Å²) in [5, 5.41) is 7.58. The summed E-state index contributed by atoms with van der Waals surface area (Å²) in [4.78, 5) is 12.8. The van der Waals surface area contributed by atoms with Crippen LogP contribution in [0.5, 0.6) is 17.2 Å². The molecule has 0 aliphatic carbocycles. The molecule has 0 amide bonds. The zero-order valence-electron chi connectivity index (χ0n) is 12.2. The molecule has 1 aromatic carbocycles. The van der Waals surface area contributed by atoms with E-state index in [4.69, 9.17) is 14.2 Å². The van der Waals surface area contributed by atoms with Crippen molar-refractivity contribution in [2.45, 2.75) is 0 Å². The van der Waals surface area contributed by atoms with Crippen LogP contribution in [0, 0.1) is 0 Å². The largest absolute Gasteiger partial charge is 0.493 e. The van der Waals surface area contributed by atoms with Gasteiger partial charge in [-0.3, -0.25) is 4.79 Å². The van der Waals surface area contributed by atoms with Gasteiger partial charge in [-0.2, -0.15) is 0 Å². The van der Waals surface area contributed by atoms with Crippen molar-refractivity contribution in [2.75, 3.05) is 21.3 Å². The molecule has 0 fully saturated rings. The summed E-state index contributed by atoms with van der Waals surface area (Å²) in [7, 11) is 4.64. The predicted octanol–water partition coefficient (Wildman–Crippen LogP) is 0.724. The summed E-state index contributed by atoms with van der Waals surface area (Å²) >= 11 is 1.27. The minimum atomic E-state index is -0.154. The van der Waals surface area contributed by atoms with Crippen LogP contribution in [0.3, 0.4) is 0 Å². The summed E-state index contributed by atoms with van der Waals surface area (Å²) < 4.78 is 17.9. The summed E-state index contributed by atoms with van der Waals surface area (Å²) in [6.07, 6.45) is 3.16. The normalized spacial score (nSPS) is 11.9. The van der Waals surface area contributed by atoms with Gasteiger partial charge < -0.3 is 14.2 Å². The van der Waals surface area contributed by atoms with Crippen molar-refractivity contribution in [1.29, 1.82) is 0 Å². The van der Waals surface area contributed by atoms with Gasteiger partial charge in [-0.15, -0.1) is 10.2 Å². The lowest BCUT2D eigenvalue weighted by molar-refractivity contribution is 0.324. The summed E-state index contributed by atoms with van der Waals surface area (Å²) in [5.74, 6) is 1.57. The number of nitrogens with zero attached hydrogens (tertiary/aromatic N) is 3. The third-order valence-corrected chi connectivity index (χ3v) is 4.11. The third-order valence-electron chi connectivity index (χ3n) is 3.13. The van der Waals surface area contributed by atoms with Crippen LogP contribution in [0.2, 0.25) is 0 Å². The van der Waals surface area contributed by atoms with Gasteiger partial charge in [-0.25, -0.2) is 4.40 Å². The molecule has 0 atom stereocenters. The van der Waals surface area contributed by atoms with E-state index >= 15 is 0 Å². The number of benzene rings is 1. The Balaban J connectivity index is 2.19. The topological polar surface area (TPSA) is 75.0 Å². The molecule has 0 N–H and O–H groups in total. The van der Waals surface area contributed by atoms with E-state index in [0.29, 0.717) is 26.7 Å². The Bertz CT molecular complexity index is 906. The number of rotatable bonds is 4. The third kappa shape index (κ3) is 2.27. The number of hydrogen-bond acceptors (Lipinski definition) is 7. The molecule has 0 unspecified atom stereocenters. The molecule has 7 nitrogen and oxygen atoms in total. The van der Waals surface area contributed by atoms with Crippen LogP contribution in [0.4, 0.5) is 0 Å². The van der Waals surface area contributed by atoms with E-state index < -0.39 is 0 Å². The van der Waals surface area contributed by atoms with Crippen LogP contribution >= 0.6 is 11.3 Å². The Morgan fingerprint density at radius 3 is 2.36 bits per heavy atom. The summed E-state index contributed by atoms with van der Waals surface area (Å²) in [6, 6.07) is 3.56. The fourth-order valence-corrected chi connectivity index (χ4v) is 3.02. The first kappa shape index (κ1) is 14.3. The quantitative estimate of drug-likeness (QED) is 0.705. The molecule has 0 radical (unpaired) electrons. The van der Waals surface area contributed by atoms with Gasteiger partial charge in [0.2, 0.25) is 10.7 Å². The number of thiazole rings is 1.